The quantitative estimate of drug-likeness (QED) is 0.727. The topological polar surface area (TPSA) is 20.2 Å². The number of benzene rings is 1. The van der Waals surface area contributed by atoms with Gasteiger partial charge in [-0.1, -0.05) is 40.0 Å². The predicted molar refractivity (Wildman–Crippen MR) is 52.5 cm³/mol. The highest BCUT2D eigenvalue weighted by atomic mass is 79.9. The second-order valence-corrected chi connectivity index (χ2v) is 3.55. The lowest BCUT2D eigenvalue weighted by Gasteiger charge is -2.17. The van der Waals surface area contributed by atoms with Crippen molar-refractivity contribution in [2.75, 3.05) is 0 Å². The molecular formula is C10H9BrO. The van der Waals surface area contributed by atoms with Gasteiger partial charge in [0.1, 0.15) is 5.60 Å². The molecule has 0 aromatic heterocycles. The number of halogens is 1. The van der Waals surface area contributed by atoms with Gasteiger partial charge in [0.05, 0.1) is 0 Å². The van der Waals surface area contributed by atoms with Gasteiger partial charge in [-0.25, -0.2) is 0 Å². The third kappa shape index (κ3) is 1.69. The Kier molecular flexibility index (Phi) is 2.56. The molecule has 0 spiro atoms. The summed E-state index contributed by atoms with van der Waals surface area (Å²) < 4.78 is 0.827. The highest BCUT2D eigenvalue weighted by molar-refractivity contribution is 9.10. The van der Waals surface area contributed by atoms with Crippen molar-refractivity contribution in [2.24, 2.45) is 0 Å². The molecule has 0 radical (unpaired) electrons. The minimum atomic E-state index is -1.19. The summed E-state index contributed by atoms with van der Waals surface area (Å²) in [6, 6.07) is 7.36. The number of aliphatic hydroxyl groups is 1. The first-order valence-electron chi connectivity index (χ1n) is 3.53. The van der Waals surface area contributed by atoms with Crippen molar-refractivity contribution in [2.45, 2.75) is 12.5 Å². The van der Waals surface area contributed by atoms with Crippen molar-refractivity contribution in [3.05, 3.63) is 34.3 Å². The van der Waals surface area contributed by atoms with E-state index in [1.165, 1.54) is 0 Å². The Balaban J connectivity index is 3.22. The molecule has 2 heteroatoms. The van der Waals surface area contributed by atoms with E-state index < -0.39 is 5.60 Å². The maximum atomic E-state index is 9.71. The summed E-state index contributed by atoms with van der Waals surface area (Å²) >= 11 is 3.32. The molecule has 0 amide bonds. The first kappa shape index (κ1) is 9.31. The minimum absolute atomic E-state index is 0.715. The van der Waals surface area contributed by atoms with Crippen molar-refractivity contribution in [1.82, 2.24) is 0 Å². The molecule has 1 nitrogen and oxygen atoms in total. The Morgan fingerprint density at radius 3 is 2.58 bits per heavy atom. The lowest BCUT2D eigenvalue weighted by molar-refractivity contribution is 0.121. The Morgan fingerprint density at radius 1 is 1.50 bits per heavy atom. The van der Waals surface area contributed by atoms with Crippen LogP contribution < -0.4 is 0 Å². The van der Waals surface area contributed by atoms with Gasteiger partial charge >= 0.3 is 0 Å². The Bertz CT molecular complexity index is 323. The summed E-state index contributed by atoms with van der Waals surface area (Å²) in [7, 11) is 0. The second-order valence-electron chi connectivity index (χ2n) is 2.70. The molecule has 1 N–H and O–H groups in total. The molecule has 0 fully saturated rings. The SMILES string of the molecule is C#C[C@](C)(O)c1ccccc1Br. The van der Waals surface area contributed by atoms with Crippen LogP contribution in [0, 0.1) is 12.3 Å². The smallest absolute Gasteiger partial charge is 0.148 e. The lowest BCUT2D eigenvalue weighted by atomic mass is 9.97. The van der Waals surface area contributed by atoms with E-state index in [0.29, 0.717) is 5.56 Å². The van der Waals surface area contributed by atoms with Crippen LogP contribution in [0.4, 0.5) is 0 Å². The Morgan fingerprint density at radius 2 is 2.08 bits per heavy atom. The maximum Gasteiger partial charge on any atom is 0.148 e. The minimum Gasteiger partial charge on any atom is -0.374 e. The summed E-state index contributed by atoms with van der Waals surface area (Å²) in [5.74, 6) is 2.32. The van der Waals surface area contributed by atoms with Gasteiger partial charge in [-0.15, -0.1) is 6.42 Å². The summed E-state index contributed by atoms with van der Waals surface area (Å²) in [4.78, 5) is 0. The van der Waals surface area contributed by atoms with E-state index in [9.17, 15) is 5.11 Å². The average molecular weight is 225 g/mol. The van der Waals surface area contributed by atoms with Crippen molar-refractivity contribution in [3.63, 3.8) is 0 Å². The number of rotatable bonds is 1. The van der Waals surface area contributed by atoms with Crippen LogP contribution in [-0.4, -0.2) is 5.11 Å². The van der Waals surface area contributed by atoms with Crippen LogP contribution in [0.15, 0.2) is 28.7 Å². The molecule has 0 saturated carbocycles. The second kappa shape index (κ2) is 3.30. The van der Waals surface area contributed by atoms with E-state index in [1.807, 2.05) is 18.2 Å². The Labute approximate surface area is 80.6 Å². The van der Waals surface area contributed by atoms with Crippen LogP contribution in [0.5, 0.6) is 0 Å². The number of hydrogen-bond acceptors (Lipinski definition) is 1. The van der Waals surface area contributed by atoms with E-state index in [0.717, 1.165) is 4.47 Å². The van der Waals surface area contributed by atoms with Gasteiger partial charge in [0.2, 0.25) is 0 Å². The van der Waals surface area contributed by atoms with Crippen molar-refractivity contribution >= 4 is 15.9 Å². The zero-order chi connectivity index (χ0) is 9.19. The first-order valence-corrected chi connectivity index (χ1v) is 4.32. The van der Waals surface area contributed by atoms with Gasteiger partial charge in [-0.05, 0) is 13.0 Å². The molecule has 1 aromatic rings. The predicted octanol–water partition coefficient (Wildman–Crippen LogP) is 2.29. The number of terminal acetylenes is 1. The average Bonchev–Trinajstić information content (AvgIpc) is 2.05. The van der Waals surface area contributed by atoms with Crippen LogP contribution >= 0.6 is 15.9 Å². The molecule has 12 heavy (non-hydrogen) atoms. The molecular weight excluding hydrogens is 216 g/mol. The van der Waals surface area contributed by atoms with Gasteiger partial charge in [-0.2, -0.15) is 0 Å². The van der Waals surface area contributed by atoms with E-state index in [2.05, 4.69) is 21.9 Å². The molecule has 0 heterocycles. The zero-order valence-electron chi connectivity index (χ0n) is 6.71. The third-order valence-electron chi connectivity index (χ3n) is 1.68. The van der Waals surface area contributed by atoms with Crippen LogP contribution in [0.3, 0.4) is 0 Å². The molecule has 1 atom stereocenters. The third-order valence-corrected chi connectivity index (χ3v) is 2.37. The fraction of sp³-hybridized carbons (Fsp3) is 0.200. The molecule has 0 bridgehead atoms. The fourth-order valence-electron chi connectivity index (χ4n) is 0.934. The van der Waals surface area contributed by atoms with Gasteiger partial charge < -0.3 is 5.11 Å². The molecule has 0 unspecified atom stereocenters. The van der Waals surface area contributed by atoms with Gasteiger partial charge in [-0.3, -0.25) is 0 Å². The molecule has 0 aliphatic heterocycles. The summed E-state index contributed by atoms with van der Waals surface area (Å²) in [5.41, 5.74) is -0.479. The molecule has 0 aliphatic rings. The van der Waals surface area contributed by atoms with Crippen molar-refractivity contribution < 1.29 is 5.11 Å². The Hall–Kier alpha value is -0.780. The van der Waals surface area contributed by atoms with Crippen LogP contribution in [0.25, 0.3) is 0 Å². The van der Waals surface area contributed by atoms with E-state index in [4.69, 9.17) is 6.42 Å². The van der Waals surface area contributed by atoms with Gasteiger partial charge in [0.25, 0.3) is 0 Å². The maximum absolute atomic E-state index is 9.71. The van der Waals surface area contributed by atoms with Crippen LogP contribution in [0.2, 0.25) is 0 Å². The normalized spacial score (nSPS) is 14.8. The standard InChI is InChI=1S/C10H9BrO/c1-3-10(2,12)8-6-4-5-7-9(8)11/h1,4-7,12H,2H3/t10-/m0/s1. The van der Waals surface area contributed by atoms with E-state index >= 15 is 0 Å². The highest BCUT2D eigenvalue weighted by Gasteiger charge is 2.21. The first-order chi connectivity index (χ1) is 5.58. The number of hydrogen-bond donors (Lipinski definition) is 1. The van der Waals surface area contributed by atoms with Crippen LogP contribution in [0.1, 0.15) is 12.5 Å². The highest BCUT2D eigenvalue weighted by Crippen LogP contribution is 2.26. The van der Waals surface area contributed by atoms with Crippen LogP contribution in [-0.2, 0) is 5.60 Å². The van der Waals surface area contributed by atoms with E-state index in [1.54, 1.807) is 13.0 Å². The van der Waals surface area contributed by atoms with Gasteiger partial charge in [0, 0.05) is 10.0 Å². The summed E-state index contributed by atoms with van der Waals surface area (Å²) in [6.07, 6.45) is 5.19. The summed E-state index contributed by atoms with van der Waals surface area (Å²) in [6.45, 7) is 1.59. The van der Waals surface area contributed by atoms with E-state index in [-0.39, 0.29) is 0 Å². The lowest BCUT2D eigenvalue weighted by Crippen LogP contribution is -2.18. The monoisotopic (exact) mass is 224 g/mol. The molecule has 62 valence electrons. The zero-order valence-corrected chi connectivity index (χ0v) is 8.30. The summed E-state index contributed by atoms with van der Waals surface area (Å²) in [5, 5.41) is 9.71. The van der Waals surface area contributed by atoms with Gasteiger partial charge in [0.15, 0.2) is 0 Å². The van der Waals surface area contributed by atoms with Crippen molar-refractivity contribution in [1.29, 1.82) is 0 Å². The fourth-order valence-corrected chi connectivity index (χ4v) is 1.60. The van der Waals surface area contributed by atoms with Crippen molar-refractivity contribution in [3.8, 4) is 12.3 Å². The molecule has 0 aliphatic carbocycles. The molecule has 1 aromatic carbocycles. The molecule has 1 rings (SSSR count). The largest absolute Gasteiger partial charge is 0.374 e. The molecule has 0 saturated heterocycles.